The first-order chi connectivity index (χ1) is 16.0. The first-order valence-electron chi connectivity index (χ1n) is 12.5. The molecule has 4 aliphatic rings. The zero-order valence-corrected chi connectivity index (χ0v) is 20.1. The zero-order chi connectivity index (χ0) is 23.0. The molecule has 3 saturated heterocycles. The number of carbonyl (C=O) groups is 2. The van der Waals surface area contributed by atoms with E-state index in [-0.39, 0.29) is 24.1 Å². The Hall–Kier alpha value is -1.99. The molecule has 5 rings (SSSR count). The number of anilines is 1. The second kappa shape index (κ2) is 9.34. The third-order valence-corrected chi connectivity index (χ3v) is 8.56. The SMILES string of the molecule is O=C(N1CCN(c2ccccc2Cl)CC1)N1CCC[C@@]2(CCN(C3CCC(O)CC3)C2=O)C1. The molecule has 3 aliphatic heterocycles. The standard InChI is InChI=1S/C25H35ClN4O3/c26-21-4-1-2-5-22(21)27-14-16-28(17-15-27)24(33)29-12-3-10-25(18-29)11-13-30(23(25)32)19-6-8-20(31)9-7-19/h1-2,4-5,19-20,31H,3,6-18H2/t19?,20?,25-/m1/s1. The summed E-state index contributed by atoms with van der Waals surface area (Å²) < 4.78 is 0. The van der Waals surface area contributed by atoms with Crippen LogP contribution >= 0.6 is 11.6 Å². The Balaban J connectivity index is 1.19. The molecule has 3 heterocycles. The van der Waals surface area contributed by atoms with Gasteiger partial charge in [-0.15, -0.1) is 0 Å². The molecule has 1 atom stereocenters. The normalized spacial score (nSPS) is 30.9. The fourth-order valence-corrected chi connectivity index (χ4v) is 6.54. The lowest BCUT2D eigenvalue weighted by Gasteiger charge is -2.43. The van der Waals surface area contributed by atoms with Crippen molar-refractivity contribution in [3.8, 4) is 0 Å². The number of para-hydroxylation sites is 1. The summed E-state index contributed by atoms with van der Waals surface area (Å²) in [5, 5.41) is 10.6. The maximum absolute atomic E-state index is 13.5. The molecule has 1 aromatic rings. The minimum absolute atomic E-state index is 0.0694. The van der Waals surface area contributed by atoms with E-state index in [0.717, 1.165) is 81.8 Å². The van der Waals surface area contributed by atoms with Crippen molar-refractivity contribution in [3.05, 3.63) is 29.3 Å². The number of piperazine rings is 1. The Morgan fingerprint density at radius 2 is 1.67 bits per heavy atom. The zero-order valence-electron chi connectivity index (χ0n) is 19.3. The summed E-state index contributed by atoms with van der Waals surface area (Å²) in [6.07, 6.45) is 5.74. The van der Waals surface area contributed by atoms with Crippen LogP contribution in [0.4, 0.5) is 10.5 Å². The number of rotatable bonds is 2. The average Bonchev–Trinajstić information content (AvgIpc) is 3.14. The molecule has 0 radical (unpaired) electrons. The summed E-state index contributed by atoms with van der Waals surface area (Å²) in [5.41, 5.74) is 0.610. The van der Waals surface area contributed by atoms with Crippen LogP contribution in [0.3, 0.4) is 0 Å². The van der Waals surface area contributed by atoms with Crippen LogP contribution in [0.1, 0.15) is 44.9 Å². The number of benzene rings is 1. The minimum Gasteiger partial charge on any atom is -0.393 e. The molecule has 0 aromatic heterocycles. The van der Waals surface area contributed by atoms with E-state index in [0.29, 0.717) is 19.6 Å². The highest BCUT2D eigenvalue weighted by atomic mass is 35.5. The molecular formula is C25H35ClN4O3. The lowest BCUT2D eigenvalue weighted by molar-refractivity contribution is -0.141. The molecule has 8 heteroatoms. The van der Waals surface area contributed by atoms with Gasteiger partial charge in [-0.05, 0) is 57.1 Å². The summed E-state index contributed by atoms with van der Waals surface area (Å²) >= 11 is 6.36. The van der Waals surface area contributed by atoms with E-state index < -0.39 is 5.41 Å². The smallest absolute Gasteiger partial charge is 0.320 e. The van der Waals surface area contributed by atoms with Gasteiger partial charge in [0.15, 0.2) is 0 Å². The van der Waals surface area contributed by atoms with E-state index in [4.69, 9.17) is 11.6 Å². The highest BCUT2D eigenvalue weighted by Crippen LogP contribution is 2.42. The van der Waals surface area contributed by atoms with Crippen molar-refractivity contribution in [3.63, 3.8) is 0 Å². The fraction of sp³-hybridized carbons (Fsp3) is 0.680. The van der Waals surface area contributed by atoms with E-state index in [1.807, 2.05) is 34.1 Å². The van der Waals surface area contributed by atoms with Crippen molar-refractivity contribution >= 4 is 29.2 Å². The maximum atomic E-state index is 13.5. The highest BCUT2D eigenvalue weighted by molar-refractivity contribution is 6.33. The lowest BCUT2D eigenvalue weighted by atomic mass is 9.78. The number of aliphatic hydroxyl groups excluding tert-OH is 1. The molecule has 3 amide bonds. The Morgan fingerprint density at radius 3 is 2.39 bits per heavy atom. The molecule has 0 unspecified atom stereocenters. The number of urea groups is 1. The predicted molar refractivity (Wildman–Crippen MR) is 128 cm³/mol. The van der Waals surface area contributed by atoms with Gasteiger partial charge in [-0.2, -0.15) is 0 Å². The average molecular weight is 475 g/mol. The number of aliphatic hydroxyl groups is 1. The molecule has 1 aromatic carbocycles. The van der Waals surface area contributed by atoms with Gasteiger partial charge in [-0.3, -0.25) is 4.79 Å². The Kier molecular flexibility index (Phi) is 6.45. The molecule has 4 fully saturated rings. The van der Waals surface area contributed by atoms with Gasteiger partial charge in [-0.1, -0.05) is 23.7 Å². The van der Waals surface area contributed by atoms with Gasteiger partial charge in [0.25, 0.3) is 0 Å². The number of amides is 3. The van der Waals surface area contributed by atoms with E-state index in [1.165, 1.54) is 0 Å². The Morgan fingerprint density at radius 1 is 0.939 bits per heavy atom. The summed E-state index contributed by atoms with van der Waals surface area (Å²) in [5.74, 6) is 0.241. The van der Waals surface area contributed by atoms with Crippen molar-refractivity contribution in [1.82, 2.24) is 14.7 Å². The van der Waals surface area contributed by atoms with E-state index >= 15 is 0 Å². The first-order valence-corrected chi connectivity index (χ1v) is 12.9. The van der Waals surface area contributed by atoms with Crippen molar-refractivity contribution in [2.45, 2.75) is 57.1 Å². The van der Waals surface area contributed by atoms with E-state index in [2.05, 4.69) is 9.80 Å². The van der Waals surface area contributed by atoms with Gasteiger partial charge in [0.1, 0.15) is 0 Å². The topological polar surface area (TPSA) is 67.3 Å². The van der Waals surface area contributed by atoms with E-state index in [9.17, 15) is 14.7 Å². The maximum Gasteiger partial charge on any atom is 0.320 e. The predicted octanol–water partition coefficient (Wildman–Crippen LogP) is 3.20. The molecule has 0 bridgehead atoms. The largest absolute Gasteiger partial charge is 0.393 e. The molecule has 1 saturated carbocycles. The summed E-state index contributed by atoms with van der Waals surface area (Å²) in [7, 11) is 0. The molecule has 7 nitrogen and oxygen atoms in total. The number of nitrogens with zero attached hydrogens (tertiary/aromatic N) is 4. The Bertz CT molecular complexity index is 882. The summed E-state index contributed by atoms with van der Waals surface area (Å²) in [6.45, 7) is 4.91. The van der Waals surface area contributed by atoms with Crippen molar-refractivity contribution in [2.75, 3.05) is 50.7 Å². The highest BCUT2D eigenvalue weighted by Gasteiger charge is 2.51. The number of hydrogen-bond acceptors (Lipinski definition) is 4. The molecule has 180 valence electrons. The van der Waals surface area contributed by atoms with Crippen LogP contribution in [0.5, 0.6) is 0 Å². The van der Waals surface area contributed by atoms with Gasteiger partial charge in [0.05, 0.1) is 22.2 Å². The van der Waals surface area contributed by atoms with Gasteiger partial charge in [0.2, 0.25) is 5.91 Å². The minimum atomic E-state index is -0.413. The van der Waals surface area contributed by atoms with Crippen molar-refractivity contribution in [1.29, 1.82) is 0 Å². The molecule has 1 spiro atoms. The molecule has 1 aliphatic carbocycles. The van der Waals surface area contributed by atoms with Crippen LogP contribution in [0.25, 0.3) is 0 Å². The summed E-state index contributed by atoms with van der Waals surface area (Å²) in [4.78, 5) is 35.1. The number of hydrogen-bond donors (Lipinski definition) is 1. The van der Waals surface area contributed by atoms with Gasteiger partial charge >= 0.3 is 6.03 Å². The quantitative estimate of drug-likeness (QED) is 0.714. The monoisotopic (exact) mass is 474 g/mol. The van der Waals surface area contributed by atoms with Crippen LogP contribution in [0, 0.1) is 5.41 Å². The van der Waals surface area contributed by atoms with Crippen LogP contribution < -0.4 is 4.90 Å². The van der Waals surface area contributed by atoms with Crippen molar-refractivity contribution in [2.24, 2.45) is 5.41 Å². The van der Waals surface area contributed by atoms with Gasteiger partial charge in [-0.25, -0.2) is 4.79 Å². The van der Waals surface area contributed by atoms with Crippen LogP contribution in [-0.4, -0.2) is 89.7 Å². The van der Waals surface area contributed by atoms with Gasteiger partial charge < -0.3 is 24.7 Å². The summed E-state index contributed by atoms with van der Waals surface area (Å²) in [6, 6.07) is 8.17. The molecule has 1 N–H and O–H groups in total. The van der Waals surface area contributed by atoms with E-state index in [1.54, 1.807) is 0 Å². The number of likely N-dealkylation sites (tertiary alicyclic amines) is 2. The third kappa shape index (κ3) is 4.42. The van der Waals surface area contributed by atoms with Crippen LogP contribution in [0.2, 0.25) is 5.02 Å². The second-order valence-corrected chi connectivity index (χ2v) is 10.6. The second-order valence-electron chi connectivity index (χ2n) is 10.2. The number of piperidine rings is 1. The van der Waals surface area contributed by atoms with Gasteiger partial charge in [0, 0.05) is 51.9 Å². The van der Waals surface area contributed by atoms with Crippen LogP contribution in [-0.2, 0) is 4.79 Å². The molecule has 33 heavy (non-hydrogen) atoms. The third-order valence-electron chi connectivity index (χ3n) is 8.24. The number of halogens is 1. The first kappa shape index (κ1) is 22.8. The lowest BCUT2D eigenvalue weighted by Crippen LogP contribution is -2.57. The van der Waals surface area contributed by atoms with Crippen molar-refractivity contribution < 1.29 is 14.7 Å². The molecular weight excluding hydrogens is 440 g/mol. The fourth-order valence-electron chi connectivity index (χ4n) is 6.29. The van der Waals surface area contributed by atoms with Crippen LogP contribution in [0.15, 0.2) is 24.3 Å². The Labute approximate surface area is 201 Å². The number of carbonyl (C=O) groups excluding carboxylic acids is 2.